The summed E-state index contributed by atoms with van der Waals surface area (Å²) in [5, 5.41) is 9.88. The molecule has 1 aromatic heterocycles. The molecule has 2 aliphatic rings. The van der Waals surface area contributed by atoms with Crippen molar-refractivity contribution >= 4 is 50.6 Å². The maximum atomic E-state index is 13.9. The molecule has 3 aromatic rings. The number of hydrogen-bond donors (Lipinski definition) is 4. The van der Waals surface area contributed by atoms with E-state index in [1.54, 1.807) is 18.2 Å². The van der Waals surface area contributed by atoms with Crippen molar-refractivity contribution in [2.75, 3.05) is 70.9 Å². The van der Waals surface area contributed by atoms with Gasteiger partial charge in [-0.1, -0.05) is 24.0 Å². The van der Waals surface area contributed by atoms with E-state index in [0.29, 0.717) is 22.0 Å². The number of amides is 2. The highest BCUT2D eigenvalue weighted by Gasteiger charge is 2.32. The summed E-state index contributed by atoms with van der Waals surface area (Å²) in [7, 11) is 2.68. The number of primary amides is 1. The molecule has 5 rings (SSSR count). The fraction of sp³-hybridized carbons (Fsp3) is 0.513. The van der Waals surface area contributed by atoms with E-state index in [0.717, 1.165) is 62.4 Å². The molecule has 2 fully saturated rings. The zero-order valence-electron chi connectivity index (χ0n) is 31.0. The summed E-state index contributed by atoms with van der Waals surface area (Å²) in [5.41, 5.74) is 6.82. The normalized spacial score (nSPS) is 18.1. The van der Waals surface area contributed by atoms with Gasteiger partial charge < -0.3 is 40.6 Å². The smallest absolute Gasteiger partial charge is 0.393 e. The minimum atomic E-state index is -4.43. The summed E-state index contributed by atoms with van der Waals surface area (Å²) < 4.78 is 63.6. The third-order valence-corrected chi connectivity index (χ3v) is 10.8. The van der Waals surface area contributed by atoms with Gasteiger partial charge in [-0.3, -0.25) is 14.5 Å². The van der Waals surface area contributed by atoms with Crippen LogP contribution in [0.4, 0.5) is 24.5 Å². The van der Waals surface area contributed by atoms with Gasteiger partial charge in [0.1, 0.15) is 18.4 Å². The minimum Gasteiger partial charge on any atom is -0.489 e. The molecule has 0 bridgehead atoms. The number of alkyl halides is 3. The van der Waals surface area contributed by atoms with Crippen LogP contribution in [-0.4, -0.2) is 107 Å². The number of nitrogens with zero attached hydrogens (tertiary/aromatic N) is 1. The highest BCUT2D eigenvalue weighted by atomic mass is 32.1. The van der Waals surface area contributed by atoms with Gasteiger partial charge in [0, 0.05) is 44.3 Å². The number of thiophene rings is 1. The van der Waals surface area contributed by atoms with Crippen LogP contribution >= 0.6 is 11.3 Å². The number of nitrogens with two attached hydrogens (primary N) is 1. The van der Waals surface area contributed by atoms with E-state index >= 15 is 0 Å². The first-order valence-corrected chi connectivity index (χ1v) is 19.1. The van der Waals surface area contributed by atoms with Gasteiger partial charge in [-0.25, -0.2) is 4.79 Å². The lowest BCUT2D eigenvalue weighted by molar-refractivity contribution is -0.143. The summed E-state index contributed by atoms with van der Waals surface area (Å²) in [6.07, 6.45) is -1.62. The number of benzene rings is 2. The fourth-order valence-corrected chi connectivity index (χ4v) is 8.03. The zero-order valence-corrected chi connectivity index (χ0v) is 31.8. The highest BCUT2D eigenvalue weighted by Crippen LogP contribution is 2.40. The van der Waals surface area contributed by atoms with Crippen LogP contribution < -0.4 is 26.4 Å². The fourth-order valence-electron chi connectivity index (χ4n) is 6.86. The molecule has 2 amide bonds. The molecular weight excluding hydrogens is 740 g/mol. The largest absolute Gasteiger partial charge is 0.489 e. The van der Waals surface area contributed by atoms with Gasteiger partial charge in [0.05, 0.1) is 60.8 Å². The van der Waals surface area contributed by atoms with Crippen molar-refractivity contribution in [1.82, 2.24) is 10.2 Å². The van der Waals surface area contributed by atoms with Crippen molar-refractivity contribution in [2.24, 2.45) is 5.73 Å². The van der Waals surface area contributed by atoms with Gasteiger partial charge in [0.2, 0.25) is 5.91 Å². The van der Waals surface area contributed by atoms with Crippen LogP contribution in [0.5, 0.6) is 5.75 Å². The first kappa shape index (κ1) is 41.6. The van der Waals surface area contributed by atoms with E-state index < -0.39 is 36.4 Å². The molecule has 0 spiro atoms. The molecule has 1 atom stereocenters. The third kappa shape index (κ3) is 12.0. The van der Waals surface area contributed by atoms with E-state index in [-0.39, 0.29) is 55.5 Å². The highest BCUT2D eigenvalue weighted by molar-refractivity contribution is 7.20. The van der Waals surface area contributed by atoms with Crippen molar-refractivity contribution in [3.63, 3.8) is 0 Å². The number of fused-ring (bicyclic) bond motifs is 1. The Morgan fingerprint density at radius 2 is 1.82 bits per heavy atom. The lowest BCUT2D eigenvalue weighted by Crippen LogP contribution is -2.46. The summed E-state index contributed by atoms with van der Waals surface area (Å²) in [4.78, 5) is 39.4. The van der Waals surface area contributed by atoms with Crippen LogP contribution in [0, 0.1) is 11.8 Å². The second kappa shape index (κ2) is 19.9. The SMILES string of the molecule is COCCOc1cc(C(=O)NC(CCC(N)=O)C(=O)OC)ccc1NCC#Cc1sc2c(NC3CCC(N4CCOCC4)CC3)cccc2c1CC(F)(F)F. The van der Waals surface area contributed by atoms with Crippen LogP contribution in [0.1, 0.15) is 59.3 Å². The number of esters is 1. The average Bonchev–Trinajstić information content (AvgIpc) is 3.51. The van der Waals surface area contributed by atoms with Crippen molar-refractivity contribution in [2.45, 2.75) is 69.2 Å². The van der Waals surface area contributed by atoms with Crippen molar-refractivity contribution in [3.8, 4) is 17.6 Å². The van der Waals surface area contributed by atoms with E-state index in [1.807, 2.05) is 6.07 Å². The van der Waals surface area contributed by atoms with Crippen molar-refractivity contribution in [1.29, 1.82) is 0 Å². The summed E-state index contributed by atoms with van der Waals surface area (Å²) in [6, 6.07) is 9.68. The lowest BCUT2D eigenvalue weighted by atomic mass is 9.89. The van der Waals surface area contributed by atoms with Gasteiger partial charge in [-0.2, -0.15) is 13.2 Å². The number of rotatable bonds is 16. The Bertz CT molecular complexity index is 1850. The van der Waals surface area contributed by atoms with Crippen LogP contribution in [0.2, 0.25) is 0 Å². The van der Waals surface area contributed by atoms with E-state index in [4.69, 9.17) is 24.7 Å². The predicted octanol–water partition coefficient (Wildman–Crippen LogP) is 5.09. The standard InChI is InChI=1S/C39H48F3N5O7S/c1-51-21-22-54-33-23-25(37(49)46-32(38(50)52-2)14-15-35(43)48)8-13-30(33)44-16-4-7-34-29(24-39(40,41)42)28-5-3-6-31(36(28)55-34)45-26-9-11-27(12-10-26)47-17-19-53-20-18-47/h3,5-6,8,13,23,26-27,32,44-45H,9-12,14-22,24H2,1-2H3,(H2,43,48)(H,46,49). The lowest BCUT2D eigenvalue weighted by Gasteiger charge is -2.39. The Balaban J connectivity index is 1.30. The third-order valence-electron chi connectivity index (χ3n) is 9.64. The predicted molar refractivity (Wildman–Crippen MR) is 205 cm³/mol. The number of anilines is 2. The van der Waals surface area contributed by atoms with Crippen LogP contribution in [0.3, 0.4) is 0 Å². The molecular formula is C39H48F3N5O7S. The topological polar surface area (TPSA) is 153 Å². The number of carbonyl (C=O) groups is 3. The minimum absolute atomic E-state index is 0.0395. The molecule has 1 aliphatic heterocycles. The van der Waals surface area contributed by atoms with Gasteiger partial charge in [-0.15, -0.1) is 11.3 Å². The number of carbonyl (C=O) groups excluding carboxylic acids is 3. The van der Waals surface area contributed by atoms with Crippen LogP contribution in [-0.2, 0) is 30.2 Å². The quantitative estimate of drug-likeness (QED) is 0.0878. The monoisotopic (exact) mass is 787 g/mol. The molecule has 1 aliphatic carbocycles. The molecule has 16 heteroatoms. The van der Waals surface area contributed by atoms with Crippen LogP contribution in [0.25, 0.3) is 10.1 Å². The maximum absolute atomic E-state index is 13.9. The Labute approximate surface area is 322 Å². The van der Waals surface area contributed by atoms with Gasteiger partial charge >= 0.3 is 12.1 Å². The molecule has 12 nitrogen and oxygen atoms in total. The molecule has 0 radical (unpaired) electrons. The Hall–Kier alpha value is -4.56. The summed E-state index contributed by atoms with van der Waals surface area (Å²) in [6.45, 7) is 3.90. The Morgan fingerprint density at radius 1 is 1.05 bits per heavy atom. The number of morpholine rings is 1. The van der Waals surface area contributed by atoms with E-state index in [9.17, 15) is 27.6 Å². The average molecular weight is 788 g/mol. The summed E-state index contributed by atoms with van der Waals surface area (Å²) in [5.74, 6) is 4.28. The summed E-state index contributed by atoms with van der Waals surface area (Å²) >= 11 is 1.26. The maximum Gasteiger partial charge on any atom is 0.393 e. The number of nitrogens with one attached hydrogen (secondary N) is 3. The molecule has 298 valence electrons. The number of hydrogen-bond acceptors (Lipinski definition) is 11. The molecule has 1 unspecified atom stereocenters. The van der Waals surface area contributed by atoms with Gasteiger partial charge in [0.15, 0.2) is 0 Å². The molecule has 55 heavy (non-hydrogen) atoms. The molecule has 2 aromatic carbocycles. The second-order valence-electron chi connectivity index (χ2n) is 13.4. The molecule has 1 saturated carbocycles. The molecule has 2 heterocycles. The zero-order chi connectivity index (χ0) is 39.4. The van der Waals surface area contributed by atoms with Crippen molar-refractivity contribution in [3.05, 3.63) is 52.4 Å². The molecule has 5 N–H and O–H groups in total. The first-order valence-electron chi connectivity index (χ1n) is 18.3. The van der Waals surface area contributed by atoms with Crippen LogP contribution in [0.15, 0.2) is 36.4 Å². The molecule has 1 saturated heterocycles. The van der Waals surface area contributed by atoms with Gasteiger partial charge in [-0.05, 0) is 67.3 Å². The Kier molecular flexibility index (Phi) is 15.0. The number of ether oxygens (including phenoxy) is 4. The Morgan fingerprint density at radius 3 is 2.51 bits per heavy atom. The van der Waals surface area contributed by atoms with Crippen molar-refractivity contribution < 1.29 is 46.5 Å². The van der Waals surface area contributed by atoms with E-state index in [2.05, 4.69) is 32.7 Å². The van der Waals surface area contributed by atoms with Gasteiger partial charge in [0.25, 0.3) is 5.91 Å². The number of methoxy groups -OCH3 is 2. The second-order valence-corrected chi connectivity index (χ2v) is 14.5. The van der Waals surface area contributed by atoms with E-state index in [1.165, 1.54) is 37.7 Å². The first-order chi connectivity index (χ1) is 26.5. The number of halogens is 3.